The molecule has 22 heavy (non-hydrogen) atoms. The molecule has 1 amide bonds. The Morgan fingerprint density at radius 1 is 1.27 bits per heavy atom. The second-order valence-electron chi connectivity index (χ2n) is 5.90. The van der Waals surface area contributed by atoms with Gasteiger partial charge in [-0.15, -0.1) is 0 Å². The van der Waals surface area contributed by atoms with Gasteiger partial charge in [0.1, 0.15) is 0 Å². The molecule has 110 valence electrons. The van der Waals surface area contributed by atoms with Crippen molar-refractivity contribution in [2.45, 2.75) is 18.4 Å². The van der Waals surface area contributed by atoms with Gasteiger partial charge in [-0.2, -0.15) is 0 Å². The molecular formula is C18H17N3O. The molecule has 3 N–H and O–H groups in total. The lowest BCUT2D eigenvalue weighted by molar-refractivity contribution is 0.100. The number of nitrogens with one attached hydrogen (secondary N) is 1. The summed E-state index contributed by atoms with van der Waals surface area (Å²) < 4.78 is 0. The molecule has 1 aliphatic carbocycles. The maximum Gasteiger partial charge on any atom is 0.250 e. The number of pyridine rings is 1. The highest BCUT2D eigenvalue weighted by Crippen LogP contribution is 2.50. The fourth-order valence-corrected chi connectivity index (χ4v) is 3.72. The van der Waals surface area contributed by atoms with E-state index in [1.165, 1.54) is 0 Å². The largest absolute Gasteiger partial charge is 0.377 e. The minimum absolute atomic E-state index is 0.140. The molecule has 4 nitrogen and oxygen atoms in total. The number of fused-ring (bicyclic) bond motifs is 3. The molecule has 3 unspecified atom stereocenters. The van der Waals surface area contributed by atoms with Crippen LogP contribution in [0.2, 0.25) is 0 Å². The number of allylic oxidation sites excluding steroid dienone is 2. The van der Waals surface area contributed by atoms with Crippen LogP contribution in [0.4, 0.5) is 5.69 Å². The number of nitrogens with zero attached hydrogens (tertiary/aromatic N) is 1. The lowest BCUT2D eigenvalue weighted by atomic mass is 9.76. The number of carbonyl (C=O) groups is 1. The van der Waals surface area contributed by atoms with E-state index in [0.29, 0.717) is 17.4 Å². The van der Waals surface area contributed by atoms with Crippen molar-refractivity contribution in [3.63, 3.8) is 0 Å². The smallest absolute Gasteiger partial charge is 0.250 e. The van der Waals surface area contributed by atoms with Gasteiger partial charge in [0.15, 0.2) is 0 Å². The molecule has 2 aromatic rings. The summed E-state index contributed by atoms with van der Waals surface area (Å²) in [6, 6.07) is 9.95. The summed E-state index contributed by atoms with van der Waals surface area (Å²) in [6.45, 7) is 0. The molecule has 2 heterocycles. The van der Waals surface area contributed by atoms with E-state index < -0.39 is 5.91 Å². The zero-order chi connectivity index (χ0) is 15.1. The van der Waals surface area contributed by atoms with Crippen LogP contribution in [-0.2, 0) is 0 Å². The normalized spacial score (nSPS) is 25.2. The van der Waals surface area contributed by atoms with Crippen LogP contribution in [0.3, 0.4) is 0 Å². The van der Waals surface area contributed by atoms with Crippen LogP contribution >= 0.6 is 0 Å². The Morgan fingerprint density at radius 3 is 2.95 bits per heavy atom. The van der Waals surface area contributed by atoms with E-state index in [1.54, 1.807) is 12.3 Å². The Balaban J connectivity index is 1.85. The summed E-state index contributed by atoms with van der Waals surface area (Å²) >= 11 is 0. The third-order valence-electron chi connectivity index (χ3n) is 4.71. The van der Waals surface area contributed by atoms with E-state index in [4.69, 9.17) is 5.73 Å². The minimum atomic E-state index is -0.394. The standard InChI is InChI=1S/C18H17N3O/c19-18(22)15-8-2-7-14-12-5-1-6-13(12)16(21-17(14)15)11-4-3-9-20-10-11/h1-5,7-10,12-13,16,21H,6H2,(H2,19,22). The van der Waals surface area contributed by atoms with Gasteiger partial charge in [0.25, 0.3) is 5.91 Å². The maximum absolute atomic E-state index is 11.8. The number of amides is 1. The molecule has 4 heteroatoms. The molecule has 4 rings (SSSR count). The summed E-state index contributed by atoms with van der Waals surface area (Å²) in [4.78, 5) is 16.0. The number of carbonyl (C=O) groups excluding carboxylic acids is 1. The van der Waals surface area contributed by atoms with Crippen LogP contribution in [0.15, 0.2) is 54.9 Å². The molecule has 2 aliphatic rings. The van der Waals surface area contributed by atoms with Crippen LogP contribution in [-0.4, -0.2) is 10.9 Å². The summed E-state index contributed by atoms with van der Waals surface area (Å²) in [5.74, 6) is 0.371. The maximum atomic E-state index is 11.8. The Morgan fingerprint density at radius 2 is 2.18 bits per heavy atom. The number of anilines is 1. The third-order valence-corrected chi connectivity index (χ3v) is 4.71. The highest BCUT2D eigenvalue weighted by atomic mass is 16.1. The first-order valence-electron chi connectivity index (χ1n) is 7.51. The van der Waals surface area contributed by atoms with Crippen molar-refractivity contribution < 1.29 is 4.79 Å². The Hall–Kier alpha value is -2.62. The summed E-state index contributed by atoms with van der Waals surface area (Å²) in [5, 5.41) is 3.55. The molecule has 0 saturated heterocycles. The lowest BCUT2D eigenvalue weighted by Crippen LogP contribution is -2.31. The van der Waals surface area contributed by atoms with E-state index in [0.717, 1.165) is 23.2 Å². The van der Waals surface area contributed by atoms with Crippen molar-refractivity contribution >= 4 is 11.6 Å². The number of nitrogens with two attached hydrogens (primary N) is 1. The van der Waals surface area contributed by atoms with Gasteiger partial charge < -0.3 is 11.1 Å². The van der Waals surface area contributed by atoms with Gasteiger partial charge in [-0.1, -0.05) is 30.4 Å². The van der Waals surface area contributed by atoms with E-state index in [-0.39, 0.29) is 6.04 Å². The summed E-state index contributed by atoms with van der Waals surface area (Å²) in [7, 11) is 0. The topological polar surface area (TPSA) is 68.0 Å². The summed E-state index contributed by atoms with van der Waals surface area (Å²) in [5.41, 5.74) is 9.29. The number of hydrogen-bond acceptors (Lipinski definition) is 3. The first kappa shape index (κ1) is 13.1. The first-order chi connectivity index (χ1) is 10.8. The van der Waals surface area contributed by atoms with Crippen LogP contribution < -0.4 is 11.1 Å². The molecule has 1 aromatic carbocycles. The van der Waals surface area contributed by atoms with Crippen molar-refractivity contribution in [3.8, 4) is 0 Å². The zero-order valence-electron chi connectivity index (χ0n) is 12.1. The highest BCUT2D eigenvalue weighted by Gasteiger charge is 2.39. The second kappa shape index (κ2) is 4.98. The van der Waals surface area contributed by atoms with Gasteiger partial charge >= 0.3 is 0 Å². The van der Waals surface area contributed by atoms with Gasteiger partial charge in [0.2, 0.25) is 0 Å². The summed E-state index contributed by atoms with van der Waals surface area (Å²) in [6.07, 6.45) is 9.17. The number of rotatable bonds is 2. The Kier molecular flexibility index (Phi) is 2.96. The third kappa shape index (κ3) is 1.91. The monoisotopic (exact) mass is 291 g/mol. The molecule has 3 atom stereocenters. The quantitative estimate of drug-likeness (QED) is 0.836. The number of aromatic nitrogens is 1. The van der Waals surface area contributed by atoms with Crippen molar-refractivity contribution in [1.82, 2.24) is 4.98 Å². The van der Waals surface area contributed by atoms with Gasteiger partial charge in [-0.05, 0) is 35.6 Å². The average Bonchev–Trinajstić information content (AvgIpc) is 3.04. The highest BCUT2D eigenvalue weighted by molar-refractivity contribution is 5.99. The van der Waals surface area contributed by atoms with E-state index in [1.807, 2.05) is 18.3 Å². The molecule has 0 spiro atoms. The predicted molar refractivity (Wildman–Crippen MR) is 85.5 cm³/mol. The SMILES string of the molecule is NC(=O)c1cccc2c1NC(c1cccnc1)C1CC=CC21. The predicted octanol–water partition coefficient (Wildman–Crippen LogP) is 3.01. The fourth-order valence-electron chi connectivity index (χ4n) is 3.72. The van der Waals surface area contributed by atoms with E-state index >= 15 is 0 Å². The minimum Gasteiger partial charge on any atom is -0.377 e. The Labute approximate surface area is 129 Å². The number of primary amides is 1. The van der Waals surface area contributed by atoms with Crippen molar-refractivity contribution in [2.75, 3.05) is 5.32 Å². The number of hydrogen-bond donors (Lipinski definition) is 2. The van der Waals surface area contributed by atoms with Gasteiger partial charge in [0, 0.05) is 18.3 Å². The van der Waals surface area contributed by atoms with Crippen LogP contribution in [0.1, 0.15) is 39.9 Å². The van der Waals surface area contributed by atoms with Crippen LogP contribution in [0.25, 0.3) is 0 Å². The zero-order valence-corrected chi connectivity index (χ0v) is 12.1. The van der Waals surface area contributed by atoms with E-state index in [9.17, 15) is 4.79 Å². The molecule has 0 radical (unpaired) electrons. The molecule has 1 aromatic heterocycles. The lowest BCUT2D eigenvalue weighted by Gasteiger charge is -2.38. The van der Waals surface area contributed by atoms with Crippen LogP contribution in [0, 0.1) is 5.92 Å². The fraction of sp³-hybridized carbons (Fsp3) is 0.222. The van der Waals surface area contributed by atoms with E-state index in [2.05, 4.69) is 34.6 Å². The van der Waals surface area contributed by atoms with Gasteiger partial charge in [0.05, 0.1) is 17.3 Å². The average molecular weight is 291 g/mol. The molecule has 0 bridgehead atoms. The van der Waals surface area contributed by atoms with Crippen molar-refractivity contribution in [1.29, 1.82) is 0 Å². The molecule has 0 saturated carbocycles. The molecule has 0 fully saturated rings. The Bertz CT molecular complexity index is 754. The van der Waals surface area contributed by atoms with Crippen molar-refractivity contribution in [3.05, 3.63) is 71.6 Å². The van der Waals surface area contributed by atoms with Crippen LogP contribution in [0.5, 0.6) is 0 Å². The van der Waals surface area contributed by atoms with Gasteiger partial charge in [-0.25, -0.2) is 0 Å². The van der Waals surface area contributed by atoms with Gasteiger partial charge in [-0.3, -0.25) is 9.78 Å². The first-order valence-corrected chi connectivity index (χ1v) is 7.51. The molecular weight excluding hydrogens is 274 g/mol. The van der Waals surface area contributed by atoms with Crippen molar-refractivity contribution in [2.24, 2.45) is 11.7 Å². The molecule has 1 aliphatic heterocycles. The number of para-hydroxylation sites is 1. The second-order valence-corrected chi connectivity index (χ2v) is 5.90. The number of benzene rings is 1.